The molecule has 4 fully saturated rings. The Labute approximate surface area is 259 Å². The van der Waals surface area contributed by atoms with Crippen molar-refractivity contribution in [3.05, 3.63) is 84.0 Å². The van der Waals surface area contributed by atoms with Crippen LogP contribution in [0.3, 0.4) is 0 Å². The molecule has 0 spiro atoms. The quantitative estimate of drug-likeness (QED) is 0.321. The maximum absolute atomic E-state index is 14.7. The number of rotatable bonds is 5. The van der Waals surface area contributed by atoms with Crippen LogP contribution in [0.2, 0.25) is 0 Å². The molecule has 3 aromatic rings. The van der Waals surface area contributed by atoms with Crippen LogP contribution in [0.25, 0.3) is 10.2 Å². The second kappa shape index (κ2) is 9.94. The van der Waals surface area contributed by atoms with Gasteiger partial charge >= 0.3 is 0 Å². The molecule has 3 saturated carbocycles. The summed E-state index contributed by atoms with van der Waals surface area (Å²) in [6, 6.07) is 17.9. The number of nitrogens with zero attached hydrogens (tertiary/aromatic N) is 1. The molecule has 9 atom stereocenters. The first-order valence-corrected chi connectivity index (χ1v) is 17.1. The molecule has 43 heavy (non-hydrogen) atoms. The molecule has 1 aliphatic heterocycles. The van der Waals surface area contributed by atoms with Crippen LogP contribution in [-0.4, -0.2) is 45.2 Å². The number of hydrogen-bond donors (Lipinski definition) is 1. The molecule has 1 aromatic heterocycles. The first kappa shape index (κ1) is 27.9. The van der Waals surface area contributed by atoms with E-state index in [4.69, 9.17) is 14.5 Å². The molecular weight excluding hydrogens is 579 g/mol. The second-order valence-corrected chi connectivity index (χ2v) is 15.6. The molecule has 5 aliphatic rings. The van der Waals surface area contributed by atoms with Crippen LogP contribution in [0.4, 0.5) is 0 Å². The summed E-state index contributed by atoms with van der Waals surface area (Å²) in [5.74, 6) is 0.569. The lowest BCUT2D eigenvalue weighted by Crippen LogP contribution is -2.63. The molecule has 6 unspecified atom stereocenters. The number of thioether (sulfide) groups is 1. The third kappa shape index (κ3) is 3.99. The van der Waals surface area contributed by atoms with E-state index in [1.54, 1.807) is 23.5 Å². The summed E-state index contributed by atoms with van der Waals surface area (Å²) in [5, 5.41) is 12.0. The Balaban J connectivity index is 1.15. The van der Waals surface area contributed by atoms with Crippen LogP contribution >= 0.6 is 23.1 Å². The smallest absolute Gasteiger partial charge is 0.185 e. The standard InChI is InChI=1S/C35H35NO5S2/c1-33-15-14-22(37)16-21(33)12-13-23-24-17-29-35(34(24,2)18-26(38)30(23)33,41-31(40-29)20-8-4-3-5-9-20)28(39)19-42-32-36-25-10-6-7-11-27(25)43-32/h3-11,14-16,23-24,26,29-31,38H,12-13,17-19H2,1-2H3/t23?,24?,26-,29+,30?,31?,33?,34?,35-/m0/s1. The summed E-state index contributed by atoms with van der Waals surface area (Å²) in [4.78, 5) is 31.7. The summed E-state index contributed by atoms with van der Waals surface area (Å²) in [7, 11) is 0. The SMILES string of the molecule is CC12C=CC(=O)C=C1CCC1C2[C@@H](O)CC2(C)C1C[C@H]1OC(c3ccccc3)O[C@@]12C(=O)CSc1nc2ccccc2s1. The van der Waals surface area contributed by atoms with Gasteiger partial charge in [-0.25, -0.2) is 4.98 Å². The van der Waals surface area contributed by atoms with Gasteiger partial charge < -0.3 is 14.6 Å². The third-order valence-corrected chi connectivity index (χ3v) is 13.5. The average Bonchev–Trinajstić information content (AvgIpc) is 3.66. The van der Waals surface area contributed by atoms with E-state index in [0.717, 1.165) is 38.5 Å². The van der Waals surface area contributed by atoms with Gasteiger partial charge in [0.25, 0.3) is 0 Å². The molecule has 0 bridgehead atoms. The van der Waals surface area contributed by atoms with Crippen LogP contribution in [0.15, 0.2) is 82.7 Å². The first-order valence-electron chi connectivity index (χ1n) is 15.3. The average molecular weight is 614 g/mol. The van der Waals surface area contributed by atoms with Crippen molar-refractivity contribution < 1.29 is 24.2 Å². The predicted octanol–water partition coefficient (Wildman–Crippen LogP) is 6.70. The van der Waals surface area contributed by atoms with Crippen molar-refractivity contribution in [3.8, 4) is 0 Å². The first-order chi connectivity index (χ1) is 20.7. The highest BCUT2D eigenvalue weighted by atomic mass is 32.2. The summed E-state index contributed by atoms with van der Waals surface area (Å²) in [6.07, 6.45) is 6.64. The van der Waals surface area contributed by atoms with Crippen LogP contribution < -0.4 is 0 Å². The van der Waals surface area contributed by atoms with Gasteiger partial charge in [0.1, 0.15) is 0 Å². The Hall–Kier alpha value is -2.62. The van der Waals surface area contributed by atoms with Crippen molar-refractivity contribution in [2.45, 2.75) is 68.0 Å². The summed E-state index contributed by atoms with van der Waals surface area (Å²) < 4.78 is 15.6. The molecule has 1 saturated heterocycles. The van der Waals surface area contributed by atoms with E-state index < -0.39 is 29.5 Å². The Morgan fingerprint density at radius 2 is 1.93 bits per heavy atom. The number of aliphatic hydroxyl groups is 1. The number of thiazole rings is 1. The largest absolute Gasteiger partial charge is 0.393 e. The molecule has 0 radical (unpaired) electrons. The number of para-hydroxylation sites is 1. The Kier molecular flexibility index (Phi) is 6.45. The van der Waals surface area contributed by atoms with Crippen molar-refractivity contribution >= 4 is 44.9 Å². The zero-order valence-electron chi connectivity index (χ0n) is 24.3. The topological polar surface area (TPSA) is 85.7 Å². The second-order valence-electron chi connectivity index (χ2n) is 13.3. The van der Waals surface area contributed by atoms with Crippen molar-refractivity contribution in [1.29, 1.82) is 0 Å². The zero-order chi connectivity index (χ0) is 29.6. The van der Waals surface area contributed by atoms with Gasteiger partial charge in [0, 0.05) is 22.3 Å². The zero-order valence-corrected chi connectivity index (χ0v) is 25.9. The van der Waals surface area contributed by atoms with Gasteiger partial charge in [0.05, 0.1) is 28.2 Å². The van der Waals surface area contributed by atoms with Gasteiger partial charge in [-0.2, -0.15) is 0 Å². The predicted molar refractivity (Wildman–Crippen MR) is 167 cm³/mol. The monoisotopic (exact) mass is 613 g/mol. The third-order valence-electron chi connectivity index (χ3n) is 11.3. The molecule has 222 valence electrons. The van der Waals surface area contributed by atoms with Crippen LogP contribution in [0.1, 0.15) is 51.4 Å². The highest BCUT2D eigenvalue weighted by Gasteiger charge is 2.75. The van der Waals surface area contributed by atoms with Crippen molar-refractivity contribution in [3.63, 3.8) is 0 Å². The highest BCUT2D eigenvalue weighted by molar-refractivity contribution is 8.01. The molecule has 8 heteroatoms. The summed E-state index contributed by atoms with van der Waals surface area (Å²) in [5.41, 5.74) is 0.798. The number of carbonyl (C=O) groups is 2. The number of benzene rings is 2. The molecule has 2 heterocycles. The van der Waals surface area contributed by atoms with Gasteiger partial charge in [0.2, 0.25) is 0 Å². The molecule has 8 rings (SSSR count). The number of Topliss-reactive ketones (excluding diaryl/α,β-unsaturated/α-hetero) is 1. The lowest BCUT2D eigenvalue weighted by molar-refractivity contribution is -0.198. The van der Waals surface area contributed by atoms with Crippen LogP contribution in [0.5, 0.6) is 0 Å². The number of fused-ring (bicyclic) bond motifs is 8. The van der Waals surface area contributed by atoms with E-state index in [1.165, 1.54) is 11.8 Å². The van der Waals surface area contributed by atoms with E-state index in [1.807, 2.05) is 54.6 Å². The minimum Gasteiger partial charge on any atom is -0.393 e. The van der Waals surface area contributed by atoms with E-state index in [0.29, 0.717) is 12.8 Å². The Morgan fingerprint density at radius 1 is 1.14 bits per heavy atom. The fraction of sp³-hybridized carbons (Fsp3) is 0.457. The fourth-order valence-electron chi connectivity index (χ4n) is 9.47. The minimum atomic E-state index is -1.18. The van der Waals surface area contributed by atoms with Gasteiger partial charge in [-0.05, 0) is 61.8 Å². The maximum atomic E-state index is 14.7. The van der Waals surface area contributed by atoms with Crippen LogP contribution in [-0.2, 0) is 19.1 Å². The molecule has 2 aromatic carbocycles. The molecule has 6 nitrogen and oxygen atoms in total. The van der Waals surface area contributed by atoms with E-state index in [-0.39, 0.29) is 40.5 Å². The lowest BCUT2D eigenvalue weighted by atomic mass is 9.46. The van der Waals surface area contributed by atoms with Gasteiger partial charge in [-0.3, -0.25) is 9.59 Å². The van der Waals surface area contributed by atoms with Gasteiger partial charge in [0.15, 0.2) is 27.8 Å². The van der Waals surface area contributed by atoms with Crippen molar-refractivity contribution in [2.24, 2.45) is 28.6 Å². The Bertz CT molecular complexity index is 1650. The molecule has 0 amide bonds. The lowest BCUT2D eigenvalue weighted by Gasteiger charge is -2.59. The molecule has 4 aliphatic carbocycles. The molecular formula is C35H35NO5S2. The number of hydrogen-bond acceptors (Lipinski definition) is 8. The van der Waals surface area contributed by atoms with Crippen LogP contribution in [0, 0.1) is 28.6 Å². The number of aliphatic hydroxyl groups excluding tert-OH is 1. The summed E-state index contributed by atoms with van der Waals surface area (Å²) in [6.45, 7) is 4.34. The normalized spacial score (nSPS) is 39.6. The number of allylic oxidation sites excluding steroid dienone is 4. The molecule has 1 N–H and O–H groups in total. The van der Waals surface area contributed by atoms with E-state index >= 15 is 0 Å². The van der Waals surface area contributed by atoms with Crippen molar-refractivity contribution in [2.75, 3.05) is 5.75 Å². The maximum Gasteiger partial charge on any atom is 0.185 e. The van der Waals surface area contributed by atoms with Gasteiger partial charge in [-0.1, -0.05) is 79.7 Å². The number of ether oxygens (including phenoxy) is 2. The highest BCUT2D eigenvalue weighted by Crippen LogP contribution is 2.70. The minimum absolute atomic E-state index is 0.0154. The van der Waals surface area contributed by atoms with E-state index in [2.05, 4.69) is 19.9 Å². The van der Waals surface area contributed by atoms with Crippen molar-refractivity contribution in [1.82, 2.24) is 4.98 Å². The number of carbonyl (C=O) groups excluding carboxylic acids is 2. The fourth-order valence-corrected chi connectivity index (χ4v) is 11.5. The van der Waals surface area contributed by atoms with Gasteiger partial charge in [-0.15, -0.1) is 11.3 Å². The number of aromatic nitrogens is 1. The summed E-state index contributed by atoms with van der Waals surface area (Å²) >= 11 is 3.07. The van der Waals surface area contributed by atoms with E-state index in [9.17, 15) is 14.7 Å². The number of ketones is 2. The Morgan fingerprint density at radius 3 is 2.74 bits per heavy atom.